The van der Waals surface area contributed by atoms with Crippen LogP contribution in [0.4, 0.5) is 0 Å². The zero-order valence-electron chi connectivity index (χ0n) is 22.2. The summed E-state index contributed by atoms with van der Waals surface area (Å²) in [6, 6.07) is 11.2. The zero-order chi connectivity index (χ0) is 25.5. The Hall–Kier alpha value is -3.31. The van der Waals surface area contributed by atoms with Crippen molar-refractivity contribution in [1.82, 2.24) is 20.2 Å². The number of fused-ring (bicyclic) bond motifs is 1. The largest absolute Gasteiger partial charge is 0.333 e. The third-order valence-electron chi connectivity index (χ3n) is 8.18. The van der Waals surface area contributed by atoms with Crippen molar-refractivity contribution in [2.75, 3.05) is 13.1 Å². The summed E-state index contributed by atoms with van der Waals surface area (Å²) >= 11 is 0. The summed E-state index contributed by atoms with van der Waals surface area (Å²) < 4.78 is 0. The molecule has 1 amide bonds. The van der Waals surface area contributed by atoms with Gasteiger partial charge in [0.2, 0.25) is 0 Å². The average molecular weight is 493 g/mol. The minimum Gasteiger partial charge on any atom is -0.333 e. The van der Waals surface area contributed by atoms with Crippen LogP contribution in [0.15, 0.2) is 48.8 Å². The number of allylic oxidation sites excluding steroid dienone is 2. The van der Waals surface area contributed by atoms with Gasteiger partial charge in [-0.05, 0) is 122 Å². The maximum Gasteiger partial charge on any atom is 0.272 e. The molecule has 0 bridgehead atoms. The number of carbonyl (C=O) groups is 1. The Morgan fingerprint density at radius 3 is 2.65 bits per heavy atom. The van der Waals surface area contributed by atoms with Crippen LogP contribution < -0.4 is 5.32 Å². The number of aromatic nitrogens is 2. The van der Waals surface area contributed by atoms with E-state index < -0.39 is 0 Å². The minimum atomic E-state index is 0.0189. The zero-order valence-corrected chi connectivity index (χ0v) is 22.2. The lowest BCUT2D eigenvalue weighted by atomic mass is 9.86. The number of rotatable bonds is 5. The SMILES string of the molecule is C/C(=C/C1CC1)c1cc(-c2cc3c(c([C@@H]4CCCN4)c2)CN(C(=O)c2ccc(C)cn2)CC3)cnc1C. The molecule has 2 aliphatic heterocycles. The van der Waals surface area contributed by atoms with E-state index in [1.165, 1.54) is 58.2 Å². The number of hydrogen-bond donors (Lipinski definition) is 1. The molecule has 190 valence electrons. The smallest absolute Gasteiger partial charge is 0.272 e. The van der Waals surface area contributed by atoms with E-state index in [0.29, 0.717) is 24.8 Å². The highest BCUT2D eigenvalue weighted by atomic mass is 16.2. The fourth-order valence-electron chi connectivity index (χ4n) is 5.85. The molecule has 0 spiro atoms. The number of benzene rings is 1. The molecule has 37 heavy (non-hydrogen) atoms. The topological polar surface area (TPSA) is 58.1 Å². The van der Waals surface area contributed by atoms with Gasteiger partial charge in [-0.15, -0.1) is 0 Å². The van der Waals surface area contributed by atoms with E-state index in [4.69, 9.17) is 4.98 Å². The Morgan fingerprint density at radius 2 is 1.92 bits per heavy atom. The second-order valence-corrected chi connectivity index (χ2v) is 11.1. The standard InChI is InChI=1S/C32H36N4O/c1-20-6-9-31(35-17-20)32(37)36-12-10-24-14-25(15-28(29(24)19-36)30-5-4-11-33-30)26-16-27(22(3)34-18-26)21(2)13-23-7-8-23/h6,9,13-18,23,30,33H,4-5,7-8,10-12,19H2,1-3H3/b21-13-/t30-/m0/s1. The van der Waals surface area contributed by atoms with Crippen LogP contribution in [-0.4, -0.2) is 33.9 Å². The number of nitrogens with zero attached hydrogens (tertiary/aromatic N) is 3. The van der Waals surface area contributed by atoms with Gasteiger partial charge in [-0.2, -0.15) is 0 Å². The van der Waals surface area contributed by atoms with Crippen molar-refractivity contribution < 1.29 is 4.79 Å². The van der Waals surface area contributed by atoms with Crippen molar-refractivity contribution in [3.63, 3.8) is 0 Å². The Morgan fingerprint density at radius 1 is 1.05 bits per heavy atom. The lowest BCUT2D eigenvalue weighted by Gasteiger charge is -2.32. The van der Waals surface area contributed by atoms with Crippen LogP contribution in [0.2, 0.25) is 0 Å². The third-order valence-corrected chi connectivity index (χ3v) is 8.18. The highest BCUT2D eigenvalue weighted by Gasteiger charge is 2.29. The molecule has 1 saturated heterocycles. The minimum absolute atomic E-state index is 0.0189. The van der Waals surface area contributed by atoms with Crippen molar-refractivity contribution >= 4 is 11.5 Å². The summed E-state index contributed by atoms with van der Waals surface area (Å²) in [5, 5.41) is 3.71. The molecular weight excluding hydrogens is 456 g/mol. The molecule has 1 aliphatic carbocycles. The molecule has 2 fully saturated rings. The Balaban J connectivity index is 1.36. The number of hydrogen-bond acceptors (Lipinski definition) is 4. The van der Waals surface area contributed by atoms with E-state index in [0.717, 1.165) is 36.6 Å². The highest BCUT2D eigenvalue weighted by Crippen LogP contribution is 2.38. The van der Waals surface area contributed by atoms with Crippen LogP contribution in [-0.2, 0) is 13.0 Å². The maximum absolute atomic E-state index is 13.3. The molecule has 1 aromatic carbocycles. The number of aryl methyl sites for hydroxylation is 2. The van der Waals surface area contributed by atoms with Gasteiger partial charge in [0.25, 0.3) is 5.91 Å². The van der Waals surface area contributed by atoms with Gasteiger partial charge in [0.15, 0.2) is 0 Å². The van der Waals surface area contributed by atoms with Crippen molar-refractivity contribution in [2.24, 2.45) is 5.92 Å². The molecule has 0 unspecified atom stereocenters. The first-order valence-electron chi connectivity index (χ1n) is 13.7. The van der Waals surface area contributed by atoms with E-state index in [1.807, 2.05) is 30.2 Å². The van der Waals surface area contributed by atoms with Gasteiger partial charge in [-0.3, -0.25) is 14.8 Å². The molecule has 1 N–H and O–H groups in total. The molecule has 4 heterocycles. The van der Waals surface area contributed by atoms with Crippen LogP contribution in [0.25, 0.3) is 16.7 Å². The molecular formula is C32H36N4O. The fraction of sp³-hybridized carbons (Fsp3) is 0.406. The molecule has 2 aromatic heterocycles. The summed E-state index contributed by atoms with van der Waals surface area (Å²) in [4.78, 5) is 24.5. The third kappa shape index (κ3) is 4.97. The summed E-state index contributed by atoms with van der Waals surface area (Å²) in [5.41, 5.74) is 11.7. The highest BCUT2D eigenvalue weighted by molar-refractivity contribution is 5.92. The van der Waals surface area contributed by atoms with Crippen molar-refractivity contribution in [3.05, 3.63) is 88.0 Å². The van der Waals surface area contributed by atoms with E-state index in [-0.39, 0.29) is 5.91 Å². The summed E-state index contributed by atoms with van der Waals surface area (Å²) in [7, 11) is 0. The lowest BCUT2D eigenvalue weighted by Crippen LogP contribution is -2.37. The second kappa shape index (κ2) is 9.86. The molecule has 5 nitrogen and oxygen atoms in total. The Bertz CT molecular complexity index is 1360. The van der Waals surface area contributed by atoms with Crippen LogP contribution >= 0.6 is 0 Å². The summed E-state index contributed by atoms with van der Waals surface area (Å²) in [6.45, 7) is 8.72. The Labute approximate surface area is 220 Å². The van der Waals surface area contributed by atoms with Gasteiger partial charge in [0.1, 0.15) is 5.69 Å². The van der Waals surface area contributed by atoms with Crippen LogP contribution in [0, 0.1) is 19.8 Å². The monoisotopic (exact) mass is 492 g/mol. The predicted molar refractivity (Wildman–Crippen MR) is 148 cm³/mol. The quantitative estimate of drug-likeness (QED) is 0.461. The molecule has 1 atom stereocenters. The van der Waals surface area contributed by atoms with Gasteiger partial charge < -0.3 is 10.2 Å². The molecule has 0 radical (unpaired) electrons. The number of amides is 1. The van der Waals surface area contributed by atoms with Crippen LogP contribution in [0.5, 0.6) is 0 Å². The Kier molecular flexibility index (Phi) is 6.41. The normalized spacial score (nSPS) is 19.7. The van der Waals surface area contributed by atoms with E-state index >= 15 is 0 Å². The summed E-state index contributed by atoms with van der Waals surface area (Å²) in [6.07, 6.45) is 12.0. The summed E-state index contributed by atoms with van der Waals surface area (Å²) in [5.74, 6) is 0.762. The molecule has 3 aliphatic rings. The van der Waals surface area contributed by atoms with E-state index in [1.54, 1.807) is 6.20 Å². The molecule has 6 rings (SSSR count). The molecule has 3 aromatic rings. The first-order valence-corrected chi connectivity index (χ1v) is 13.7. The number of nitrogens with one attached hydrogen (secondary N) is 1. The fourth-order valence-corrected chi connectivity index (χ4v) is 5.85. The predicted octanol–water partition coefficient (Wildman–Crippen LogP) is 6.20. The van der Waals surface area contributed by atoms with Gasteiger partial charge >= 0.3 is 0 Å². The molecule has 1 saturated carbocycles. The van der Waals surface area contributed by atoms with Gasteiger partial charge in [0.05, 0.1) is 0 Å². The van der Waals surface area contributed by atoms with Crippen molar-refractivity contribution in [2.45, 2.75) is 65.5 Å². The first-order chi connectivity index (χ1) is 18.0. The second-order valence-electron chi connectivity index (χ2n) is 11.1. The van der Waals surface area contributed by atoms with Gasteiger partial charge in [-0.1, -0.05) is 18.2 Å². The van der Waals surface area contributed by atoms with Gasteiger partial charge in [0, 0.05) is 42.8 Å². The van der Waals surface area contributed by atoms with Crippen LogP contribution in [0.1, 0.15) is 82.6 Å². The van der Waals surface area contributed by atoms with Crippen molar-refractivity contribution in [3.8, 4) is 11.1 Å². The maximum atomic E-state index is 13.3. The average Bonchev–Trinajstić information content (AvgIpc) is 3.56. The number of carbonyl (C=O) groups excluding carboxylic acids is 1. The van der Waals surface area contributed by atoms with Crippen LogP contribution in [0.3, 0.4) is 0 Å². The van der Waals surface area contributed by atoms with E-state index in [9.17, 15) is 4.79 Å². The van der Waals surface area contributed by atoms with E-state index in [2.05, 4.69) is 48.4 Å². The molecule has 5 heteroatoms. The first kappa shape index (κ1) is 24.1. The number of pyridine rings is 2. The van der Waals surface area contributed by atoms with Gasteiger partial charge in [-0.25, -0.2) is 0 Å². The lowest BCUT2D eigenvalue weighted by molar-refractivity contribution is 0.0728. The van der Waals surface area contributed by atoms with Crippen molar-refractivity contribution in [1.29, 1.82) is 0 Å².